The second kappa shape index (κ2) is 47.6. The number of aliphatic hydroxyl groups is 5. The number of pyridine rings is 5. The van der Waals surface area contributed by atoms with Crippen LogP contribution in [0.2, 0.25) is 25.1 Å². The van der Waals surface area contributed by atoms with Crippen molar-refractivity contribution in [3.05, 3.63) is 330 Å². The number of aromatic nitrogens is 10. The second-order valence-corrected chi connectivity index (χ2v) is 33.1. The average Bonchev–Trinajstić information content (AvgIpc) is 1.65. The highest BCUT2D eigenvalue weighted by molar-refractivity contribution is 6.32. The maximum absolute atomic E-state index is 12.8. The first kappa shape index (κ1) is 99.2. The summed E-state index contributed by atoms with van der Waals surface area (Å²) in [5, 5.41) is 64.1. The number of aliphatic hydroxyl groups excluding tert-OH is 5. The molecule has 0 radical (unpaired) electrons. The number of hydrogen-bond donors (Lipinski definition) is 9. The molecule has 18 rings (SSSR count). The third-order valence-corrected chi connectivity index (χ3v) is 23.5. The van der Waals surface area contributed by atoms with Gasteiger partial charge in [0.15, 0.2) is 11.5 Å². The number of fused-ring (bicyclic) bond motifs is 5. The Morgan fingerprint density at radius 1 is 0.372 bits per heavy atom. The molecule has 16 aromatic rings. The van der Waals surface area contributed by atoms with E-state index in [1.165, 1.54) is 0 Å². The molecule has 0 bridgehead atoms. The van der Waals surface area contributed by atoms with Crippen LogP contribution in [0, 0.1) is 0 Å². The van der Waals surface area contributed by atoms with Crippen molar-refractivity contribution in [2.75, 3.05) is 87.6 Å². The number of amides is 5. The monoisotopic (exact) mass is 1950 g/mol. The standard InChI is InChI=1S/C24H22ClN3O4.C21H19ClN4O2.C19H18ClN3O3.C19H20ClN3O3.C18H18ClN3O3/c1-31-20-9-3-15(11-21(20)32-2)12-26-24(30)17-6-10-22-27-23(19(14-29)28(22)13-17)16-4-7-18(25)8-5-16;22-16-6-3-14(4-7-16)20-18(13-27)26-12-15(5-8-19(26)25-20)21(28)24-11-9-17-2-1-10-23-17;20-15-4-1-13(2-5-15)18-16(12-24)23-11-14(3-6-17(23)21-18)19(25)22-7-9-26-10-8-22;1-26-10-2-9-21-19(25)14-5-8-17-22-18(16(12-24)23(17)11-14)13-3-6-15(20)7-4-13;1-25-9-8-20-18(24)13-4-7-16-21-17(15(11-23)22(16)10-13)12-2-5-14(19)6-3-12/h3-11,13,29H,12,14H2,1-2H3,(H,26,30);2-8,10,12,27H,1,9,11,13H2,(H,24,28);1-6,11,24H,7-10,12H2;3-8,11,24H,2,9-10,12H2,1H3,(H,21,25);2-7,10,23H,8-9,11H2,1H3,(H,20,24). The molecule has 0 unspecified atom stereocenters. The lowest BCUT2D eigenvalue weighted by Gasteiger charge is -2.26. The lowest BCUT2D eigenvalue weighted by molar-refractivity contribution is 0.0302. The molecule has 137 heavy (non-hydrogen) atoms. The Bertz CT molecular complexity index is 7020. The van der Waals surface area contributed by atoms with E-state index in [0.29, 0.717) is 222 Å². The van der Waals surface area contributed by atoms with Gasteiger partial charge in [0.05, 0.1) is 152 Å². The zero-order valence-electron chi connectivity index (χ0n) is 74.9. The van der Waals surface area contributed by atoms with Gasteiger partial charge in [-0.25, -0.2) is 24.9 Å². The summed E-state index contributed by atoms with van der Waals surface area (Å²) < 4.78 is 34.5. The van der Waals surface area contributed by atoms with Crippen molar-refractivity contribution in [2.24, 2.45) is 4.99 Å². The molecule has 1 saturated heterocycles. The van der Waals surface area contributed by atoms with Crippen molar-refractivity contribution in [1.82, 2.24) is 73.1 Å². The molecule has 2 aliphatic rings. The average molecular weight is 1950 g/mol. The van der Waals surface area contributed by atoms with Crippen molar-refractivity contribution in [3.63, 3.8) is 0 Å². The SMILES string of the molecule is COCCCNC(=O)c1ccc2nc(-c3ccc(Cl)cc3)c(CO)n2c1.COCCNC(=O)c1ccc2nc(-c3ccc(Cl)cc3)c(CO)n2c1.COc1ccc(CNC(=O)c2ccc3nc(-c4ccc(Cl)cc4)c(CO)n3c2)cc1OC.O=C(NCCC1=CCC=N1)c1ccc2nc(-c3ccc(Cl)cc3)c(CO)n2c1.O=C(c1ccc2nc(-c3ccc(Cl)cc3)c(CO)n2c1)N1CCOCC1. The number of rotatable bonds is 29. The second-order valence-electron chi connectivity index (χ2n) is 31.0. The van der Waals surface area contributed by atoms with Gasteiger partial charge in [-0.2, -0.15) is 0 Å². The molecule has 31 nitrogen and oxygen atoms in total. The first-order chi connectivity index (χ1) is 66.6. The fourth-order valence-corrected chi connectivity index (χ4v) is 15.8. The molecule has 9 N–H and O–H groups in total. The Labute approximate surface area is 812 Å². The normalized spacial score (nSPS) is 12.1. The highest BCUT2D eigenvalue weighted by atomic mass is 35.5. The molecule has 1 fully saturated rings. The number of morpholine rings is 1. The number of imidazole rings is 5. The molecule has 0 aliphatic carbocycles. The van der Waals surface area contributed by atoms with Gasteiger partial charge in [-0.05, 0) is 145 Å². The van der Waals surface area contributed by atoms with Gasteiger partial charge in [0.1, 0.15) is 28.2 Å². The van der Waals surface area contributed by atoms with E-state index in [-0.39, 0.29) is 62.6 Å². The molecule has 0 saturated carbocycles. The lowest BCUT2D eigenvalue weighted by atomic mass is 10.1. The lowest BCUT2D eigenvalue weighted by Crippen LogP contribution is -2.40. The maximum Gasteiger partial charge on any atom is 0.255 e. The third-order valence-electron chi connectivity index (χ3n) is 22.2. The van der Waals surface area contributed by atoms with Crippen LogP contribution in [0.3, 0.4) is 0 Å². The Balaban J connectivity index is 0.000000137. The summed E-state index contributed by atoms with van der Waals surface area (Å²) in [7, 11) is 6.35. The zero-order chi connectivity index (χ0) is 96.6. The van der Waals surface area contributed by atoms with E-state index in [0.717, 1.165) is 51.9 Å². The summed E-state index contributed by atoms with van der Waals surface area (Å²) >= 11 is 29.8. The van der Waals surface area contributed by atoms with Crippen LogP contribution in [-0.2, 0) is 53.8 Å². The summed E-state index contributed by atoms with van der Waals surface area (Å²) in [5.41, 5.74) is 18.4. The van der Waals surface area contributed by atoms with Gasteiger partial charge in [-0.15, -0.1) is 0 Å². The predicted octanol–water partition coefficient (Wildman–Crippen LogP) is 15.8. The number of carbonyl (C=O) groups excluding carboxylic acids is 5. The van der Waals surface area contributed by atoms with Crippen LogP contribution in [0.5, 0.6) is 11.5 Å². The predicted molar refractivity (Wildman–Crippen MR) is 526 cm³/mol. The van der Waals surface area contributed by atoms with E-state index in [9.17, 15) is 49.5 Å². The Kier molecular flexibility index (Phi) is 34.5. The van der Waals surface area contributed by atoms with E-state index in [1.807, 2.05) is 79.0 Å². The van der Waals surface area contributed by atoms with Crippen molar-refractivity contribution < 1.29 is 73.2 Å². The summed E-state index contributed by atoms with van der Waals surface area (Å²) in [6.07, 6.45) is 14.7. The Morgan fingerprint density at radius 2 is 0.693 bits per heavy atom. The fourth-order valence-electron chi connectivity index (χ4n) is 15.2. The molecule has 36 heteroatoms. The van der Waals surface area contributed by atoms with Crippen molar-refractivity contribution in [3.8, 4) is 67.8 Å². The van der Waals surface area contributed by atoms with Gasteiger partial charge >= 0.3 is 0 Å². The molecule has 2 aliphatic heterocycles. The van der Waals surface area contributed by atoms with Gasteiger partial charge in [0.2, 0.25) is 0 Å². The van der Waals surface area contributed by atoms with E-state index in [1.54, 1.807) is 214 Å². The van der Waals surface area contributed by atoms with E-state index >= 15 is 0 Å². The van der Waals surface area contributed by atoms with Crippen molar-refractivity contribution in [2.45, 2.75) is 58.8 Å². The van der Waals surface area contributed by atoms with E-state index < -0.39 is 0 Å². The smallest absolute Gasteiger partial charge is 0.255 e. The maximum atomic E-state index is 12.8. The number of aliphatic imine (C=N–C) groups is 1. The van der Waals surface area contributed by atoms with Crippen molar-refractivity contribution >= 4 is 122 Å². The molecule has 6 aromatic carbocycles. The first-order valence-electron chi connectivity index (χ1n) is 43.4. The van der Waals surface area contributed by atoms with Gasteiger partial charge in [-0.3, -0.25) is 29.0 Å². The Hall–Kier alpha value is -13.7. The molecular weight excluding hydrogens is 1850 g/mol. The summed E-state index contributed by atoms with van der Waals surface area (Å²) in [6, 6.07) is 59.3. The third kappa shape index (κ3) is 24.4. The molecule has 5 amide bonds. The van der Waals surface area contributed by atoms with Crippen LogP contribution in [-0.4, -0.2) is 201 Å². The van der Waals surface area contributed by atoms with Gasteiger partial charge in [-0.1, -0.05) is 131 Å². The number of carbonyl (C=O) groups is 5. The van der Waals surface area contributed by atoms with Crippen LogP contribution in [0.4, 0.5) is 0 Å². The van der Waals surface area contributed by atoms with Crippen LogP contribution in [0.1, 0.15) is 105 Å². The number of nitrogens with one attached hydrogen (secondary N) is 4. The number of halogens is 5. The fraction of sp³-hybridized carbons (Fsp3) is 0.218. The molecule has 12 heterocycles. The number of hydrogen-bond acceptors (Lipinski definition) is 21. The number of allylic oxidation sites excluding steroid dienone is 1. The minimum atomic E-state index is -0.243. The molecule has 706 valence electrons. The number of benzene rings is 6. The summed E-state index contributed by atoms with van der Waals surface area (Å²) in [6.45, 7) is 4.14. The van der Waals surface area contributed by atoms with Gasteiger partial charge < -0.3 is 97.4 Å². The quantitative estimate of drug-likeness (QED) is 0.0197. The van der Waals surface area contributed by atoms with Crippen molar-refractivity contribution in [1.29, 1.82) is 0 Å². The zero-order valence-corrected chi connectivity index (χ0v) is 78.7. The van der Waals surface area contributed by atoms with E-state index in [4.69, 9.17) is 81.7 Å². The van der Waals surface area contributed by atoms with Crippen LogP contribution < -0.4 is 30.7 Å². The van der Waals surface area contributed by atoms with Crippen LogP contribution in [0.15, 0.2) is 248 Å². The molecule has 0 spiro atoms. The Morgan fingerprint density at radius 3 is 1.01 bits per heavy atom. The topological polar surface area (TPSA) is 383 Å². The summed E-state index contributed by atoms with van der Waals surface area (Å²) in [5.74, 6) is 0.393. The highest BCUT2D eigenvalue weighted by Crippen LogP contribution is 2.34. The number of ether oxygens (including phenoxy) is 5. The number of methoxy groups -OCH3 is 4. The highest BCUT2D eigenvalue weighted by Gasteiger charge is 2.25. The minimum absolute atomic E-state index is 0.0409. The molecule has 0 atom stereocenters. The van der Waals surface area contributed by atoms with Crippen LogP contribution >= 0.6 is 58.0 Å². The van der Waals surface area contributed by atoms with Gasteiger partial charge in [0.25, 0.3) is 29.5 Å². The largest absolute Gasteiger partial charge is 0.493 e. The minimum Gasteiger partial charge on any atom is -0.493 e. The van der Waals surface area contributed by atoms with Crippen LogP contribution in [0.25, 0.3) is 84.5 Å². The van der Waals surface area contributed by atoms with Gasteiger partial charge in [0, 0.05) is 169 Å². The summed E-state index contributed by atoms with van der Waals surface area (Å²) in [4.78, 5) is 91.5. The van der Waals surface area contributed by atoms with E-state index in [2.05, 4.69) is 57.3 Å². The molecular formula is C101H97Cl5N16O15. The number of nitrogens with zero attached hydrogens (tertiary/aromatic N) is 12. The molecule has 10 aromatic heterocycles. The first-order valence-corrected chi connectivity index (χ1v) is 45.3.